The van der Waals surface area contributed by atoms with Gasteiger partial charge < -0.3 is 20.4 Å². The SMILES string of the molecule is CC.CSC.Cc1cnc2[nH]ccc2c1-c1nc(N)cc(N2CCOCC2C)n1. The number of ether oxygens (including phenoxy) is 1. The number of hydrogen-bond donors (Lipinski definition) is 2. The first-order chi connectivity index (χ1) is 14.0. The van der Waals surface area contributed by atoms with E-state index >= 15 is 0 Å². The molecule has 4 heterocycles. The molecule has 8 heteroatoms. The second-order valence-corrected chi connectivity index (χ2v) is 7.37. The molecule has 0 spiro atoms. The molecule has 1 saturated heterocycles. The Morgan fingerprint density at radius 1 is 1.28 bits per heavy atom. The molecule has 0 saturated carbocycles. The van der Waals surface area contributed by atoms with E-state index in [-0.39, 0.29) is 6.04 Å². The fourth-order valence-electron chi connectivity index (χ4n) is 3.18. The normalized spacial score (nSPS) is 15.9. The topological polar surface area (TPSA) is 93.0 Å². The van der Waals surface area contributed by atoms with Gasteiger partial charge in [0.1, 0.15) is 17.3 Å². The van der Waals surface area contributed by atoms with E-state index in [1.54, 1.807) is 11.8 Å². The van der Waals surface area contributed by atoms with Crippen LogP contribution in [0.4, 0.5) is 11.6 Å². The molecular formula is C21H32N6OS. The number of nitrogen functional groups attached to an aromatic ring is 1. The highest BCUT2D eigenvalue weighted by molar-refractivity contribution is 7.97. The number of thioether (sulfide) groups is 1. The van der Waals surface area contributed by atoms with Gasteiger partial charge in [0.15, 0.2) is 5.82 Å². The lowest BCUT2D eigenvalue weighted by Crippen LogP contribution is -2.44. The Morgan fingerprint density at radius 3 is 2.69 bits per heavy atom. The van der Waals surface area contributed by atoms with Gasteiger partial charge in [-0.2, -0.15) is 11.8 Å². The molecule has 3 aromatic rings. The summed E-state index contributed by atoms with van der Waals surface area (Å²) in [6, 6.07) is 4.08. The Labute approximate surface area is 177 Å². The molecule has 4 rings (SSSR count). The number of aromatic nitrogens is 4. The van der Waals surface area contributed by atoms with Crippen LogP contribution in [0.5, 0.6) is 0 Å². The average molecular weight is 417 g/mol. The minimum atomic E-state index is 0.256. The highest BCUT2D eigenvalue weighted by Gasteiger charge is 2.22. The number of morpholine rings is 1. The van der Waals surface area contributed by atoms with Crippen LogP contribution in [-0.4, -0.2) is 58.2 Å². The first kappa shape index (κ1) is 23.0. The third kappa shape index (κ3) is 5.39. The summed E-state index contributed by atoms with van der Waals surface area (Å²) in [4.78, 5) is 19.0. The van der Waals surface area contributed by atoms with Crippen LogP contribution in [0.25, 0.3) is 22.4 Å². The number of anilines is 2. The molecule has 29 heavy (non-hydrogen) atoms. The van der Waals surface area contributed by atoms with Gasteiger partial charge in [-0.1, -0.05) is 13.8 Å². The second-order valence-electron chi connectivity index (χ2n) is 6.56. The zero-order valence-electron chi connectivity index (χ0n) is 18.2. The number of rotatable bonds is 2. The summed E-state index contributed by atoms with van der Waals surface area (Å²) in [5, 5.41) is 1.00. The predicted molar refractivity (Wildman–Crippen MR) is 125 cm³/mol. The standard InChI is InChI=1S/C17H20N6O.C2H6S.C2H6/c1-10-8-20-16-12(3-4-19-16)15(10)17-21-13(18)7-14(22-17)23-5-6-24-9-11(23)2;1-3-2;1-2/h3-4,7-8,11H,5-6,9H2,1-2H3,(H,19,20)(H2,18,21,22);1-2H3;1-2H3. The zero-order chi connectivity index (χ0) is 21.4. The molecule has 1 aliphatic rings. The smallest absolute Gasteiger partial charge is 0.164 e. The molecule has 0 amide bonds. The van der Waals surface area contributed by atoms with Crippen LogP contribution < -0.4 is 10.6 Å². The maximum Gasteiger partial charge on any atom is 0.164 e. The molecule has 3 N–H and O–H groups in total. The van der Waals surface area contributed by atoms with Gasteiger partial charge >= 0.3 is 0 Å². The summed E-state index contributed by atoms with van der Waals surface area (Å²) in [5.74, 6) is 1.94. The number of nitrogens with one attached hydrogen (secondary N) is 1. The van der Waals surface area contributed by atoms with Crippen molar-refractivity contribution in [2.75, 3.05) is 42.9 Å². The van der Waals surface area contributed by atoms with E-state index in [9.17, 15) is 0 Å². The number of nitrogens with two attached hydrogens (primary N) is 1. The molecule has 0 aromatic carbocycles. The van der Waals surface area contributed by atoms with E-state index in [4.69, 9.17) is 15.5 Å². The van der Waals surface area contributed by atoms with Crippen molar-refractivity contribution in [3.05, 3.63) is 30.1 Å². The van der Waals surface area contributed by atoms with E-state index in [2.05, 4.69) is 26.8 Å². The van der Waals surface area contributed by atoms with E-state index in [1.165, 1.54) is 0 Å². The molecule has 0 bridgehead atoms. The molecule has 1 unspecified atom stereocenters. The van der Waals surface area contributed by atoms with Gasteiger partial charge in [0.2, 0.25) is 0 Å². The number of fused-ring (bicyclic) bond motifs is 1. The third-order valence-electron chi connectivity index (χ3n) is 4.39. The number of pyridine rings is 1. The molecule has 158 valence electrons. The quantitative estimate of drug-likeness (QED) is 0.648. The average Bonchev–Trinajstić information content (AvgIpc) is 3.18. The summed E-state index contributed by atoms with van der Waals surface area (Å²) in [6.07, 6.45) is 7.79. The Hall–Kier alpha value is -2.32. The van der Waals surface area contributed by atoms with Crippen LogP contribution in [0, 0.1) is 6.92 Å². The summed E-state index contributed by atoms with van der Waals surface area (Å²) < 4.78 is 5.52. The van der Waals surface area contributed by atoms with Gasteiger partial charge in [-0.3, -0.25) is 0 Å². The summed E-state index contributed by atoms with van der Waals surface area (Å²) in [5.41, 5.74) is 8.90. The maximum atomic E-state index is 6.09. The van der Waals surface area contributed by atoms with Crippen molar-refractivity contribution in [2.45, 2.75) is 33.7 Å². The second kappa shape index (κ2) is 11.0. The van der Waals surface area contributed by atoms with E-state index in [1.807, 2.05) is 57.8 Å². The van der Waals surface area contributed by atoms with Gasteiger partial charge in [-0.15, -0.1) is 0 Å². The fraction of sp³-hybridized carbons (Fsp3) is 0.476. The van der Waals surface area contributed by atoms with Gasteiger partial charge in [0.05, 0.1) is 19.3 Å². The van der Waals surface area contributed by atoms with Crippen LogP contribution in [0.3, 0.4) is 0 Å². The first-order valence-electron chi connectivity index (χ1n) is 9.87. The van der Waals surface area contributed by atoms with Crippen molar-refractivity contribution >= 4 is 34.4 Å². The van der Waals surface area contributed by atoms with E-state index in [0.717, 1.165) is 34.5 Å². The van der Waals surface area contributed by atoms with Gasteiger partial charge in [-0.05, 0) is 38.0 Å². The van der Waals surface area contributed by atoms with Crippen LogP contribution in [0.2, 0.25) is 0 Å². The number of aryl methyl sites for hydroxylation is 1. The monoisotopic (exact) mass is 416 g/mol. The predicted octanol–water partition coefficient (Wildman–Crippen LogP) is 4.14. The van der Waals surface area contributed by atoms with Gasteiger partial charge in [0, 0.05) is 36.0 Å². The van der Waals surface area contributed by atoms with E-state index in [0.29, 0.717) is 24.9 Å². The van der Waals surface area contributed by atoms with Crippen molar-refractivity contribution in [3.63, 3.8) is 0 Å². The summed E-state index contributed by atoms with van der Waals surface area (Å²) in [6.45, 7) is 10.3. The third-order valence-corrected chi connectivity index (χ3v) is 4.39. The summed E-state index contributed by atoms with van der Waals surface area (Å²) >= 11 is 1.75. The molecule has 0 radical (unpaired) electrons. The lowest BCUT2D eigenvalue weighted by Gasteiger charge is -2.34. The molecule has 1 aliphatic heterocycles. The highest BCUT2D eigenvalue weighted by Crippen LogP contribution is 2.30. The minimum absolute atomic E-state index is 0.256. The Bertz CT molecular complexity index is 913. The molecule has 0 aliphatic carbocycles. The lowest BCUT2D eigenvalue weighted by atomic mass is 10.1. The van der Waals surface area contributed by atoms with Crippen molar-refractivity contribution in [2.24, 2.45) is 0 Å². The van der Waals surface area contributed by atoms with Crippen molar-refractivity contribution in [3.8, 4) is 11.4 Å². The Morgan fingerprint density at radius 2 is 2.00 bits per heavy atom. The molecule has 1 atom stereocenters. The maximum absolute atomic E-state index is 6.09. The Balaban J connectivity index is 0.000000551. The minimum Gasteiger partial charge on any atom is -0.384 e. The number of H-pyrrole nitrogens is 1. The van der Waals surface area contributed by atoms with Gasteiger partial charge in [0.25, 0.3) is 0 Å². The largest absolute Gasteiger partial charge is 0.384 e. The fourth-order valence-corrected chi connectivity index (χ4v) is 3.18. The molecule has 7 nitrogen and oxygen atoms in total. The number of hydrogen-bond acceptors (Lipinski definition) is 7. The Kier molecular flexibility index (Phi) is 8.72. The number of aromatic amines is 1. The first-order valence-corrected chi connectivity index (χ1v) is 11.5. The van der Waals surface area contributed by atoms with Crippen molar-refractivity contribution in [1.82, 2.24) is 19.9 Å². The number of nitrogens with zero attached hydrogens (tertiary/aromatic N) is 4. The molecule has 1 fully saturated rings. The van der Waals surface area contributed by atoms with Crippen LogP contribution in [0.15, 0.2) is 24.5 Å². The van der Waals surface area contributed by atoms with Crippen molar-refractivity contribution in [1.29, 1.82) is 0 Å². The molecular weight excluding hydrogens is 384 g/mol. The highest BCUT2D eigenvalue weighted by atomic mass is 32.2. The van der Waals surface area contributed by atoms with Crippen LogP contribution in [-0.2, 0) is 4.74 Å². The molecule has 3 aromatic heterocycles. The van der Waals surface area contributed by atoms with Crippen molar-refractivity contribution < 1.29 is 4.74 Å². The van der Waals surface area contributed by atoms with Crippen LogP contribution >= 0.6 is 11.8 Å². The van der Waals surface area contributed by atoms with Gasteiger partial charge in [-0.25, -0.2) is 15.0 Å². The zero-order valence-corrected chi connectivity index (χ0v) is 19.0. The lowest BCUT2D eigenvalue weighted by molar-refractivity contribution is 0.0985. The van der Waals surface area contributed by atoms with Crippen LogP contribution in [0.1, 0.15) is 26.3 Å². The van der Waals surface area contributed by atoms with E-state index < -0.39 is 0 Å². The summed E-state index contributed by atoms with van der Waals surface area (Å²) in [7, 11) is 0.